The Morgan fingerprint density at radius 2 is 1.63 bits per heavy atom. The second kappa shape index (κ2) is 7.32. The number of hydrogen-bond acceptors (Lipinski definition) is 7. The highest BCUT2D eigenvalue weighted by Gasteiger charge is 2.48. The molecular weight excluding hydrogens is 451 g/mol. The first-order valence-corrected chi connectivity index (χ1v) is 11.2. The van der Waals surface area contributed by atoms with E-state index in [1.807, 2.05) is 0 Å². The molecule has 0 fully saturated rings. The molecule has 0 atom stereocenters. The molecule has 1 N–H and O–H groups in total. The van der Waals surface area contributed by atoms with E-state index in [4.69, 9.17) is 4.42 Å². The van der Waals surface area contributed by atoms with Gasteiger partial charge in [0.25, 0.3) is 0 Å². The first-order valence-electron chi connectivity index (χ1n) is 7.91. The average Bonchev–Trinajstić information content (AvgIpc) is 2.60. The molecule has 0 spiro atoms. The lowest BCUT2D eigenvalue weighted by molar-refractivity contribution is -0.0500. The molecule has 0 amide bonds. The summed E-state index contributed by atoms with van der Waals surface area (Å²) < 4.78 is 93.5. The number of benzene rings is 2. The molecule has 2 aromatic carbocycles. The maximum Gasteiger partial charge on any atom is 0.534 e. The minimum atomic E-state index is -5.87. The molecule has 0 radical (unpaired) electrons. The largest absolute Gasteiger partial charge is 0.534 e. The number of alkyl halides is 3. The predicted molar refractivity (Wildman–Crippen MR) is 102 cm³/mol. The average molecular weight is 463 g/mol. The lowest BCUT2D eigenvalue weighted by Gasteiger charge is -2.10. The van der Waals surface area contributed by atoms with E-state index in [0.717, 1.165) is 30.7 Å². The maximum atomic E-state index is 12.7. The van der Waals surface area contributed by atoms with Gasteiger partial charge in [-0.1, -0.05) is 12.1 Å². The van der Waals surface area contributed by atoms with E-state index in [-0.39, 0.29) is 22.2 Å². The summed E-state index contributed by atoms with van der Waals surface area (Å²) in [4.78, 5) is 12.7. The van der Waals surface area contributed by atoms with Gasteiger partial charge in [0.1, 0.15) is 17.6 Å². The standard InChI is InChI=1S/C17H12F3NO7S2/c1-29(23,24)21-11-4-2-10(3-5-11)14-9-27-15-8-12(6-7-13(15)16(14)22)28-30(25,26)17(18,19)20/h2-9,21H,1H3. The van der Waals surface area contributed by atoms with E-state index in [1.54, 1.807) is 0 Å². The van der Waals surface area contributed by atoms with E-state index in [2.05, 4.69) is 8.91 Å². The summed E-state index contributed by atoms with van der Waals surface area (Å²) in [6.45, 7) is 0. The monoisotopic (exact) mass is 463 g/mol. The Hall–Kier alpha value is -3.06. The smallest absolute Gasteiger partial charge is 0.463 e. The Morgan fingerprint density at radius 1 is 1.00 bits per heavy atom. The first kappa shape index (κ1) is 21.6. The van der Waals surface area contributed by atoms with Crippen molar-refractivity contribution in [3.05, 3.63) is 59.0 Å². The number of sulfonamides is 1. The van der Waals surface area contributed by atoms with Crippen LogP contribution < -0.4 is 14.3 Å². The molecule has 0 aliphatic heterocycles. The van der Waals surface area contributed by atoms with Crippen LogP contribution in [0.4, 0.5) is 18.9 Å². The van der Waals surface area contributed by atoms with Gasteiger partial charge >= 0.3 is 15.6 Å². The molecule has 3 rings (SSSR count). The fourth-order valence-corrected chi connectivity index (χ4v) is 3.48. The highest BCUT2D eigenvalue weighted by molar-refractivity contribution is 7.92. The fraction of sp³-hybridized carbons (Fsp3) is 0.118. The van der Waals surface area contributed by atoms with Gasteiger partial charge in [-0.05, 0) is 29.8 Å². The Labute approximate surface area is 168 Å². The van der Waals surface area contributed by atoms with Crippen molar-refractivity contribution in [3.63, 3.8) is 0 Å². The second-order valence-corrected chi connectivity index (χ2v) is 9.36. The second-order valence-electron chi connectivity index (χ2n) is 6.07. The summed E-state index contributed by atoms with van der Waals surface area (Å²) in [7, 11) is -9.34. The van der Waals surface area contributed by atoms with E-state index < -0.39 is 36.8 Å². The summed E-state index contributed by atoms with van der Waals surface area (Å²) in [6, 6.07) is 8.62. The maximum absolute atomic E-state index is 12.7. The summed E-state index contributed by atoms with van der Waals surface area (Å²) in [6.07, 6.45) is 2.03. The SMILES string of the molecule is CS(=O)(=O)Nc1ccc(-c2coc3cc(OS(=O)(=O)C(F)(F)F)ccc3c2=O)cc1. The molecule has 1 heterocycles. The van der Waals surface area contributed by atoms with Crippen LogP contribution in [-0.4, -0.2) is 28.6 Å². The molecule has 0 aliphatic rings. The fourth-order valence-electron chi connectivity index (χ4n) is 2.47. The highest BCUT2D eigenvalue weighted by atomic mass is 32.2. The quantitative estimate of drug-likeness (QED) is 0.456. The topological polar surface area (TPSA) is 120 Å². The molecule has 0 unspecified atom stereocenters. The Kier molecular flexibility index (Phi) is 5.28. The molecule has 0 saturated carbocycles. The number of rotatable bonds is 5. The van der Waals surface area contributed by atoms with Crippen molar-refractivity contribution in [2.75, 3.05) is 11.0 Å². The van der Waals surface area contributed by atoms with Crippen LogP contribution in [0.2, 0.25) is 0 Å². The lowest BCUT2D eigenvalue weighted by atomic mass is 10.1. The van der Waals surface area contributed by atoms with Crippen LogP contribution in [0.5, 0.6) is 5.75 Å². The van der Waals surface area contributed by atoms with E-state index in [1.165, 1.54) is 24.3 Å². The lowest BCUT2D eigenvalue weighted by Crippen LogP contribution is -2.28. The van der Waals surface area contributed by atoms with Crippen LogP contribution in [-0.2, 0) is 20.1 Å². The first-order chi connectivity index (χ1) is 13.8. The third kappa shape index (κ3) is 4.57. The minimum absolute atomic E-state index is 0.0254. The van der Waals surface area contributed by atoms with Gasteiger partial charge in [-0.25, -0.2) is 8.42 Å². The third-order valence-electron chi connectivity index (χ3n) is 3.73. The molecule has 0 aliphatic carbocycles. The van der Waals surface area contributed by atoms with Gasteiger partial charge in [0, 0.05) is 11.8 Å². The Bertz CT molecular complexity index is 1380. The number of anilines is 1. The summed E-state index contributed by atoms with van der Waals surface area (Å²) in [5.74, 6) is -0.674. The number of hydrogen-bond donors (Lipinski definition) is 1. The summed E-state index contributed by atoms with van der Waals surface area (Å²) in [5, 5.41) is -0.0254. The zero-order valence-corrected chi connectivity index (χ0v) is 16.6. The normalized spacial score (nSPS) is 12.7. The van der Waals surface area contributed by atoms with E-state index in [9.17, 15) is 34.8 Å². The number of halogens is 3. The van der Waals surface area contributed by atoms with Crippen molar-refractivity contribution in [2.45, 2.75) is 5.51 Å². The van der Waals surface area contributed by atoms with Gasteiger partial charge < -0.3 is 8.60 Å². The van der Waals surface area contributed by atoms with Gasteiger partial charge in [-0.15, -0.1) is 0 Å². The van der Waals surface area contributed by atoms with Crippen molar-refractivity contribution in [3.8, 4) is 16.9 Å². The Balaban J connectivity index is 1.96. The summed E-state index contributed by atoms with van der Waals surface area (Å²) in [5.41, 5.74) is -5.56. The predicted octanol–water partition coefficient (Wildman–Crippen LogP) is 3.06. The molecule has 0 bridgehead atoms. The van der Waals surface area contributed by atoms with E-state index in [0.29, 0.717) is 5.56 Å². The van der Waals surface area contributed by atoms with Gasteiger partial charge in [0.2, 0.25) is 10.0 Å². The van der Waals surface area contributed by atoms with Gasteiger partial charge in [-0.3, -0.25) is 9.52 Å². The minimum Gasteiger partial charge on any atom is -0.463 e. The van der Waals surface area contributed by atoms with Gasteiger partial charge in [-0.2, -0.15) is 21.6 Å². The van der Waals surface area contributed by atoms with Crippen molar-refractivity contribution >= 4 is 36.8 Å². The van der Waals surface area contributed by atoms with Crippen LogP contribution in [0, 0.1) is 0 Å². The zero-order chi connectivity index (χ0) is 22.3. The molecule has 3 aromatic rings. The molecule has 13 heteroatoms. The number of nitrogens with one attached hydrogen (secondary N) is 1. The zero-order valence-electron chi connectivity index (χ0n) is 14.9. The summed E-state index contributed by atoms with van der Waals surface area (Å²) >= 11 is 0. The van der Waals surface area contributed by atoms with E-state index >= 15 is 0 Å². The molecule has 30 heavy (non-hydrogen) atoms. The number of fused-ring (bicyclic) bond motifs is 1. The molecule has 0 saturated heterocycles. The van der Waals surface area contributed by atoms with Crippen molar-refractivity contribution in [2.24, 2.45) is 0 Å². The van der Waals surface area contributed by atoms with Gasteiger partial charge in [0.15, 0.2) is 5.43 Å². The van der Waals surface area contributed by atoms with Gasteiger partial charge in [0.05, 0.1) is 17.2 Å². The molecule has 160 valence electrons. The van der Waals surface area contributed by atoms with Crippen LogP contribution in [0.15, 0.2) is 57.9 Å². The molecule has 8 nitrogen and oxygen atoms in total. The Morgan fingerprint density at radius 3 is 2.20 bits per heavy atom. The van der Waals surface area contributed by atoms with Crippen molar-refractivity contribution < 1.29 is 38.6 Å². The van der Waals surface area contributed by atoms with Crippen LogP contribution in [0.3, 0.4) is 0 Å². The van der Waals surface area contributed by atoms with Crippen LogP contribution in [0.1, 0.15) is 0 Å². The third-order valence-corrected chi connectivity index (χ3v) is 5.32. The van der Waals surface area contributed by atoms with Crippen molar-refractivity contribution in [1.82, 2.24) is 0 Å². The van der Waals surface area contributed by atoms with Crippen LogP contribution in [0.25, 0.3) is 22.1 Å². The molecule has 1 aromatic heterocycles. The van der Waals surface area contributed by atoms with Crippen molar-refractivity contribution in [1.29, 1.82) is 0 Å². The van der Waals surface area contributed by atoms with Crippen LogP contribution >= 0.6 is 0 Å². The highest BCUT2D eigenvalue weighted by Crippen LogP contribution is 2.29. The molecular formula is C17H12F3NO7S2.